The minimum Gasteiger partial charge on any atom is -0.497 e. The van der Waals surface area contributed by atoms with Gasteiger partial charge < -0.3 is 4.74 Å². The first-order valence-electron chi connectivity index (χ1n) is 9.72. The van der Waals surface area contributed by atoms with Crippen molar-refractivity contribution in [2.24, 2.45) is 0 Å². The zero-order valence-corrected chi connectivity index (χ0v) is 19.2. The van der Waals surface area contributed by atoms with Gasteiger partial charge in [-0.1, -0.05) is 95.5 Å². The van der Waals surface area contributed by atoms with E-state index >= 15 is 0 Å². The Kier molecular flexibility index (Phi) is 6.23. The van der Waals surface area contributed by atoms with Crippen LogP contribution in [0, 0.1) is 10.1 Å². The molecule has 1 fully saturated rings. The first-order chi connectivity index (χ1) is 15.3. The number of methoxy groups -OCH3 is 1. The van der Waals surface area contributed by atoms with Crippen molar-refractivity contribution in [3.05, 3.63) is 106 Å². The molecule has 0 aliphatic carbocycles. The van der Waals surface area contributed by atoms with E-state index in [1.807, 2.05) is 60.7 Å². The summed E-state index contributed by atoms with van der Waals surface area (Å²) >= 11 is 18.7. The molecule has 166 valence electrons. The van der Waals surface area contributed by atoms with Gasteiger partial charge in [-0.05, 0) is 35.4 Å². The fraction of sp³-hybridized carbons (Fsp3) is 0.217. The van der Waals surface area contributed by atoms with E-state index in [2.05, 4.69) is 0 Å². The lowest BCUT2D eigenvalue weighted by Crippen LogP contribution is -2.54. The van der Waals surface area contributed by atoms with Crippen LogP contribution in [0.3, 0.4) is 0 Å². The third kappa shape index (κ3) is 3.77. The fourth-order valence-corrected chi connectivity index (χ4v) is 4.68. The maximum Gasteiger partial charge on any atom is 0.279 e. The van der Waals surface area contributed by atoms with Crippen molar-refractivity contribution in [2.75, 3.05) is 12.2 Å². The summed E-state index contributed by atoms with van der Waals surface area (Å²) < 4.78 is 3.20. The van der Waals surface area contributed by atoms with Crippen LogP contribution < -0.4 is 9.80 Å². The molecule has 0 bridgehead atoms. The lowest BCUT2D eigenvalue weighted by atomic mass is 9.75. The molecule has 0 unspecified atom stereocenters. The van der Waals surface area contributed by atoms with Gasteiger partial charge in [-0.2, -0.15) is 0 Å². The standard InChI is InChI=1S/C23H19Cl3N2O4/c1-31-19-14-12-18(13-15-19)27-22(16-8-4-2-5-9-16,17-10-6-3-7-11-17)20(28(29)30)21(32-27)23(24,25)26/h2-15,20-21H,1H3/t20-,21+/m0/s1. The van der Waals surface area contributed by atoms with Crippen LogP contribution in [0.4, 0.5) is 5.69 Å². The zero-order valence-electron chi connectivity index (χ0n) is 16.9. The van der Waals surface area contributed by atoms with Crippen molar-refractivity contribution < 1.29 is 14.5 Å². The van der Waals surface area contributed by atoms with E-state index in [1.165, 1.54) is 5.06 Å². The molecule has 6 nitrogen and oxygen atoms in total. The van der Waals surface area contributed by atoms with E-state index in [1.54, 1.807) is 31.4 Å². The second-order valence-corrected chi connectivity index (χ2v) is 9.66. The summed E-state index contributed by atoms with van der Waals surface area (Å²) in [7, 11) is 1.56. The van der Waals surface area contributed by atoms with Crippen molar-refractivity contribution in [3.63, 3.8) is 0 Å². The van der Waals surface area contributed by atoms with E-state index < -0.39 is 26.4 Å². The first-order valence-corrected chi connectivity index (χ1v) is 10.9. The summed E-state index contributed by atoms with van der Waals surface area (Å²) in [6.07, 6.45) is -1.37. The number of hydrogen-bond donors (Lipinski definition) is 0. The number of rotatable bonds is 5. The molecule has 2 atom stereocenters. The Morgan fingerprint density at radius 1 is 0.938 bits per heavy atom. The van der Waals surface area contributed by atoms with Gasteiger partial charge in [-0.15, -0.1) is 0 Å². The molecule has 0 aromatic heterocycles. The SMILES string of the molecule is COc1ccc(N2O[C@@H](C(Cl)(Cl)Cl)[C@H]([N+](=O)[O-])C2(c2ccccc2)c2ccccc2)cc1. The normalized spacial score (nSPS) is 20.2. The highest BCUT2D eigenvalue weighted by Gasteiger charge is 2.69. The van der Waals surface area contributed by atoms with Gasteiger partial charge in [0.15, 0.2) is 5.54 Å². The summed E-state index contributed by atoms with van der Waals surface area (Å²) in [6, 6.07) is 23.7. The van der Waals surface area contributed by atoms with Gasteiger partial charge in [-0.3, -0.25) is 15.0 Å². The average molecular weight is 494 g/mol. The van der Waals surface area contributed by atoms with Crippen LogP contribution in [0.5, 0.6) is 5.75 Å². The molecule has 1 saturated heterocycles. The predicted molar refractivity (Wildman–Crippen MR) is 125 cm³/mol. The molecule has 0 N–H and O–H groups in total. The number of halogens is 3. The monoisotopic (exact) mass is 492 g/mol. The molecule has 3 aromatic carbocycles. The number of nitrogens with zero attached hydrogens (tertiary/aromatic N) is 2. The maximum absolute atomic E-state index is 12.6. The molecule has 3 aromatic rings. The van der Waals surface area contributed by atoms with Gasteiger partial charge in [0.2, 0.25) is 9.90 Å². The largest absolute Gasteiger partial charge is 0.497 e. The van der Waals surface area contributed by atoms with Crippen LogP contribution in [0.1, 0.15) is 11.1 Å². The number of nitro groups is 1. The Hall–Kier alpha value is -2.51. The number of benzene rings is 3. The van der Waals surface area contributed by atoms with Crippen LogP contribution in [0.25, 0.3) is 0 Å². The summed E-state index contributed by atoms with van der Waals surface area (Å²) in [5.74, 6) is 0.627. The van der Waals surface area contributed by atoms with Crippen molar-refractivity contribution in [1.29, 1.82) is 0 Å². The number of alkyl halides is 3. The van der Waals surface area contributed by atoms with Crippen molar-refractivity contribution in [3.8, 4) is 5.75 Å². The predicted octanol–water partition coefficient (Wildman–Crippen LogP) is 5.77. The number of ether oxygens (including phenoxy) is 1. The van der Waals surface area contributed by atoms with Crippen LogP contribution in [0.2, 0.25) is 0 Å². The minimum atomic E-state index is -2.06. The van der Waals surface area contributed by atoms with E-state index in [-0.39, 0.29) is 0 Å². The van der Waals surface area contributed by atoms with Crippen LogP contribution in [0.15, 0.2) is 84.9 Å². The Balaban J connectivity index is 2.06. The third-order valence-corrected chi connectivity index (χ3v) is 6.18. The van der Waals surface area contributed by atoms with E-state index in [0.717, 1.165) is 0 Å². The molecule has 0 amide bonds. The second kappa shape index (κ2) is 8.79. The van der Waals surface area contributed by atoms with Crippen LogP contribution in [-0.4, -0.2) is 28.0 Å². The molecule has 1 aliphatic heterocycles. The second-order valence-electron chi connectivity index (χ2n) is 7.29. The Morgan fingerprint density at radius 3 is 1.84 bits per heavy atom. The highest BCUT2D eigenvalue weighted by Crippen LogP contribution is 2.54. The highest BCUT2D eigenvalue weighted by atomic mass is 35.6. The Morgan fingerprint density at radius 2 is 1.44 bits per heavy atom. The van der Waals surface area contributed by atoms with Crippen molar-refractivity contribution in [1.82, 2.24) is 0 Å². The fourth-order valence-electron chi connectivity index (χ4n) is 4.20. The lowest BCUT2D eigenvalue weighted by molar-refractivity contribution is -0.534. The minimum absolute atomic E-state index is 0.434. The van der Waals surface area contributed by atoms with Gasteiger partial charge in [0.1, 0.15) is 5.75 Å². The van der Waals surface area contributed by atoms with Crippen molar-refractivity contribution >= 4 is 40.5 Å². The number of hydroxylamine groups is 1. The molecule has 1 aliphatic rings. The Bertz CT molecular complexity index is 1040. The summed E-state index contributed by atoms with van der Waals surface area (Å²) in [4.78, 5) is 18.3. The average Bonchev–Trinajstić information content (AvgIpc) is 3.18. The molecule has 0 saturated carbocycles. The number of hydrogen-bond acceptors (Lipinski definition) is 5. The first kappa shape index (κ1) is 22.7. The van der Waals surface area contributed by atoms with Gasteiger partial charge in [0, 0.05) is 4.92 Å². The third-order valence-electron chi connectivity index (χ3n) is 5.54. The van der Waals surface area contributed by atoms with Gasteiger partial charge in [0.05, 0.1) is 12.8 Å². The Labute approximate surface area is 200 Å². The lowest BCUT2D eigenvalue weighted by Gasteiger charge is -2.38. The quantitative estimate of drug-likeness (QED) is 0.256. The smallest absolute Gasteiger partial charge is 0.279 e. The molecular weight excluding hydrogens is 475 g/mol. The molecule has 9 heteroatoms. The van der Waals surface area contributed by atoms with Gasteiger partial charge in [-0.25, -0.2) is 5.06 Å². The van der Waals surface area contributed by atoms with Gasteiger partial charge >= 0.3 is 0 Å². The summed E-state index contributed by atoms with van der Waals surface area (Å²) in [5.41, 5.74) is 0.373. The van der Waals surface area contributed by atoms with Crippen molar-refractivity contribution in [2.45, 2.75) is 21.5 Å². The highest BCUT2D eigenvalue weighted by molar-refractivity contribution is 6.68. The van der Waals surface area contributed by atoms with Gasteiger partial charge in [0.25, 0.3) is 6.04 Å². The maximum atomic E-state index is 12.6. The zero-order chi connectivity index (χ0) is 22.9. The molecule has 4 rings (SSSR count). The molecular formula is C23H19Cl3N2O4. The van der Waals surface area contributed by atoms with E-state index in [4.69, 9.17) is 44.4 Å². The van der Waals surface area contributed by atoms with Crippen LogP contribution in [-0.2, 0) is 10.4 Å². The summed E-state index contributed by atoms with van der Waals surface area (Å²) in [5, 5.41) is 14.1. The molecule has 32 heavy (non-hydrogen) atoms. The van der Waals surface area contributed by atoms with Crippen LogP contribution >= 0.6 is 34.8 Å². The molecule has 1 heterocycles. The molecule has 0 spiro atoms. The topological polar surface area (TPSA) is 64.8 Å². The van der Waals surface area contributed by atoms with E-state index in [9.17, 15) is 10.1 Å². The molecule has 0 radical (unpaired) electrons. The van der Waals surface area contributed by atoms with E-state index in [0.29, 0.717) is 22.6 Å². The number of anilines is 1. The summed E-state index contributed by atoms with van der Waals surface area (Å²) in [6.45, 7) is 0.